The molecule has 0 fully saturated rings. The fourth-order valence-electron chi connectivity index (χ4n) is 3.73. The van der Waals surface area contributed by atoms with Gasteiger partial charge in [-0.1, -0.05) is 0 Å². The van der Waals surface area contributed by atoms with E-state index in [1.165, 1.54) is 32.5 Å². The Labute approximate surface area is 186 Å². The van der Waals surface area contributed by atoms with Crippen molar-refractivity contribution in [3.8, 4) is 5.75 Å². The predicted molar refractivity (Wildman–Crippen MR) is 121 cm³/mol. The number of anilines is 2. The van der Waals surface area contributed by atoms with Gasteiger partial charge in [0.05, 0.1) is 31.7 Å². The summed E-state index contributed by atoms with van der Waals surface area (Å²) in [6.07, 6.45) is 4.64. The molecule has 168 valence electrons. The van der Waals surface area contributed by atoms with Crippen LogP contribution in [0.2, 0.25) is 0 Å². The number of methoxy groups -OCH3 is 2. The molecule has 1 atom stereocenters. The van der Waals surface area contributed by atoms with Crippen molar-refractivity contribution in [1.29, 1.82) is 0 Å². The van der Waals surface area contributed by atoms with E-state index in [1.807, 2.05) is 0 Å². The van der Waals surface area contributed by atoms with Crippen LogP contribution in [0.25, 0.3) is 0 Å². The normalized spacial score (nSPS) is 14.3. The van der Waals surface area contributed by atoms with E-state index >= 15 is 0 Å². The van der Waals surface area contributed by atoms with Crippen LogP contribution in [0.4, 0.5) is 10.7 Å². The molecule has 0 aliphatic heterocycles. The van der Waals surface area contributed by atoms with Crippen LogP contribution in [-0.4, -0.2) is 46.8 Å². The summed E-state index contributed by atoms with van der Waals surface area (Å²) in [5, 5.41) is 3.18. The maximum absolute atomic E-state index is 13.1. The van der Waals surface area contributed by atoms with E-state index < -0.39 is 27.9 Å². The summed E-state index contributed by atoms with van der Waals surface area (Å²) in [4.78, 5) is 26.6. The smallest absolute Gasteiger partial charge is 0.341 e. The zero-order valence-electron chi connectivity index (χ0n) is 17.9. The Morgan fingerprint density at radius 2 is 1.77 bits per heavy atom. The number of carbonyl (C=O) groups excluding carboxylic acids is 2. The predicted octanol–water partition coefficient (Wildman–Crippen LogP) is 3.22. The van der Waals surface area contributed by atoms with E-state index in [0.29, 0.717) is 22.0 Å². The molecule has 3 rings (SSSR count). The lowest BCUT2D eigenvalue weighted by molar-refractivity contribution is -0.116. The Hall–Kier alpha value is -2.59. The molecule has 1 aromatic heterocycles. The van der Waals surface area contributed by atoms with Crippen LogP contribution in [0.5, 0.6) is 5.75 Å². The van der Waals surface area contributed by atoms with Gasteiger partial charge in [-0.3, -0.25) is 9.10 Å². The lowest BCUT2D eigenvalue weighted by Gasteiger charge is -2.28. The molecule has 0 saturated carbocycles. The van der Waals surface area contributed by atoms with Crippen LogP contribution in [0.3, 0.4) is 0 Å². The van der Waals surface area contributed by atoms with Crippen molar-refractivity contribution in [2.45, 2.75) is 38.6 Å². The van der Waals surface area contributed by atoms with Gasteiger partial charge in [0, 0.05) is 4.88 Å². The maximum Gasteiger partial charge on any atom is 0.341 e. The van der Waals surface area contributed by atoms with Crippen molar-refractivity contribution >= 4 is 43.9 Å². The highest BCUT2D eigenvalue weighted by Gasteiger charge is 2.32. The van der Waals surface area contributed by atoms with E-state index in [1.54, 1.807) is 24.3 Å². The minimum Gasteiger partial charge on any atom is -0.497 e. The van der Waals surface area contributed by atoms with Gasteiger partial charge >= 0.3 is 5.97 Å². The SMILES string of the molecule is COC(=O)c1c(NC(=O)[C@@H](C)N(c2ccc(OC)cc2)S(C)(=O)=O)sc2c1CCCC2. The minimum atomic E-state index is -3.76. The molecule has 8 nitrogen and oxygen atoms in total. The lowest BCUT2D eigenvalue weighted by Crippen LogP contribution is -2.45. The molecule has 0 bridgehead atoms. The van der Waals surface area contributed by atoms with Gasteiger partial charge in [0.25, 0.3) is 0 Å². The average molecular weight is 467 g/mol. The van der Waals surface area contributed by atoms with Crippen LogP contribution in [0.15, 0.2) is 24.3 Å². The first-order valence-electron chi connectivity index (χ1n) is 9.84. The summed E-state index contributed by atoms with van der Waals surface area (Å²) in [6, 6.07) is 5.36. The summed E-state index contributed by atoms with van der Waals surface area (Å²) in [7, 11) is -0.947. The Morgan fingerprint density at radius 1 is 1.13 bits per heavy atom. The summed E-state index contributed by atoms with van der Waals surface area (Å²) in [6.45, 7) is 1.51. The van der Waals surface area contributed by atoms with Gasteiger partial charge in [0.2, 0.25) is 15.9 Å². The highest BCUT2D eigenvalue weighted by atomic mass is 32.2. The molecule has 0 saturated heterocycles. The number of nitrogens with one attached hydrogen (secondary N) is 1. The Kier molecular flexibility index (Phi) is 6.90. The molecule has 1 amide bonds. The van der Waals surface area contributed by atoms with Crippen LogP contribution >= 0.6 is 11.3 Å². The van der Waals surface area contributed by atoms with E-state index in [0.717, 1.165) is 46.7 Å². The summed E-state index contributed by atoms with van der Waals surface area (Å²) in [5.41, 5.74) is 1.63. The number of nitrogens with zero attached hydrogens (tertiary/aromatic N) is 1. The first-order valence-corrected chi connectivity index (χ1v) is 12.5. The highest BCUT2D eigenvalue weighted by molar-refractivity contribution is 7.92. The molecule has 1 aromatic carbocycles. The molecule has 10 heteroatoms. The maximum atomic E-state index is 13.1. The fourth-order valence-corrected chi connectivity index (χ4v) is 6.18. The van der Waals surface area contributed by atoms with Crippen molar-refractivity contribution in [3.63, 3.8) is 0 Å². The summed E-state index contributed by atoms with van der Waals surface area (Å²) in [5.74, 6) is -0.469. The van der Waals surface area contributed by atoms with Gasteiger partial charge in [-0.2, -0.15) is 0 Å². The van der Waals surface area contributed by atoms with Gasteiger partial charge in [-0.25, -0.2) is 13.2 Å². The van der Waals surface area contributed by atoms with Gasteiger partial charge in [0.15, 0.2) is 0 Å². The molecule has 0 radical (unpaired) electrons. The number of sulfonamides is 1. The number of benzene rings is 1. The Balaban J connectivity index is 1.92. The molecule has 0 unspecified atom stereocenters. The van der Waals surface area contributed by atoms with Crippen molar-refractivity contribution in [1.82, 2.24) is 0 Å². The number of hydrogen-bond donors (Lipinski definition) is 1. The largest absolute Gasteiger partial charge is 0.497 e. The van der Waals surface area contributed by atoms with Gasteiger partial charge in [-0.15, -0.1) is 11.3 Å². The second kappa shape index (κ2) is 9.27. The molecular formula is C21H26N2O6S2. The third-order valence-corrected chi connectivity index (χ3v) is 7.66. The summed E-state index contributed by atoms with van der Waals surface area (Å²) >= 11 is 1.35. The molecule has 31 heavy (non-hydrogen) atoms. The monoisotopic (exact) mass is 466 g/mol. The third kappa shape index (κ3) is 4.85. The highest BCUT2D eigenvalue weighted by Crippen LogP contribution is 2.38. The lowest BCUT2D eigenvalue weighted by atomic mass is 9.95. The fraction of sp³-hybridized carbons (Fsp3) is 0.429. The number of thiophene rings is 1. The number of hydrogen-bond acceptors (Lipinski definition) is 7. The first-order chi connectivity index (χ1) is 14.7. The van der Waals surface area contributed by atoms with Gasteiger partial charge < -0.3 is 14.8 Å². The van der Waals surface area contributed by atoms with Crippen molar-refractivity contribution < 1.29 is 27.5 Å². The van der Waals surface area contributed by atoms with E-state index in [-0.39, 0.29) is 0 Å². The Bertz CT molecular complexity index is 1080. The number of carbonyl (C=O) groups is 2. The topological polar surface area (TPSA) is 102 Å². The first kappa shape index (κ1) is 23.1. The molecule has 2 aromatic rings. The summed E-state index contributed by atoms with van der Waals surface area (Å²) < 4.78 is 36.1. The minimum absolute atomic E-state index is 0.338. The number of rotatable bonds is 7. The van der Waals surface area contributed by atoms with Crippen LogP contribution < -0.4 is 14.4 Å². The van der Waals surface area contributed by atoms with Gasteiger partial charge in [-0.05, 0) is 62.4 Å². The number of ether oxygens (including phenoxy) is 2. The number of esters is 1. The van der Waals surface area contributed by atoms with E-state index in [4.69, 9.17) is 9.47 Å². The second-order valence-corrected chi connectivity index (χ2v) is 10.3. The Morgan fingerprint density at radius 3 is 2.35 bits per heavy atom. The average Bonchev–Trinajstić information content (AvgIpc) is 3.10. The molecule has 1 heterocycles. The standard InChI is InChI=1S/C21H26N2O6S2/c1-13(23(31(4,26)27)14-9-11-15(28-2)12-10-14)19(24)22-20-18(21(25)29-3)16-7-5-6-8-17(16)30-20/h9-13H,5-8H2,1-4H3,(H,22,24)/t13-/m1/s1. The number of fused-ring (bicyclic) bond motifs is 1. The van der Waals surface area contributed by atoms with E-state index in [2.05, 4.69) is 5.32 Å². The van der Waals surface area contributed by atoms with Crippen LogP contribution in [-0.2, 0) is 32.4 Å². The third-order valence-electron chi connectivity index (χ3n) is 5.21. The second-order valence-electron chi connectivity index (χ2n) is 7.33. The van der Waals surface area contributed by atoms with Crippen LogP contribution in [0, 0.1) is 0 Å². The molecule has 1 aliphatic carbocycles. The van der Waals surface area contributed by atoms with Crippen molar-refractivity contribution in [3.05, 3.63) is 40.3 Å². The van der Waals surface area contributed by atoms with Crippen LogP contribution in [0.1, 0.15) is 40.6 Å². The quantitative estimate of drug-likeness (QED) is 0.629. The zero-order valence-corrected chi connectivity index (χ0v) is 19.6. The molecule has 0 spiro atoms. The van der Waals surface area contributed by atoms with Crippen molar-refractivity contribution in [2.75, 3.05) is 30.1 Å². The zero-order chi connectivity index (χ0) is 22.8. The number of amides is 1. The van der Waals surface area contributed by atoms with Crippen molar-refractivity contribution in [2.24, 2.45) is 0 Å². The van der Waals surface area contributed by atoms with Gasteiger partial charge in [0.1, 0.15) is 16.8 Å². The molecular weight excluding hydrogens is 440 g/mol. The molecule has 1 aliphatic rings. The number of aryl methyl sites for hydroxylation is 1. The van der Waals surface area contributed by atoms with E-state index in [9.17, 15) is 18.0 Å². The molecule has 1 N–H and O–H groups in total.